The number of rotatable bonds is 5. The number of nitrogens with zero attached hydrogens (tertiary/aromatic N) is 1. The Balaban J connectivity index is 1.18. The molecule has 1 aromatic carbocycles. The summed E-state index contributed by atoms with van der Waals surface area (Å²) in [7, 11) is 0. The van der Waals surface area contributed by atoms with E-state index in [2.05, 4.69) is 22.3 Å². The number of amides is 1. The van der Waals surface area contributed by atoms with Crippen LogP contribution in [-0.4, -0.2) is 36.5 Å². The molecule has 142 valence electrons. The summed E-state index contributed by atoms with van der Waals surface area (Å²) in [5.41, 5.74) is 2.83. The fourth-order valence-corrected chi connectivity index (χ4v) is 4.74. The van der Waals surface area contributed by atoms with Crippen LogP contribution in [-0.2, 0) is 19.4 Å². The van der Waals surface area contributed by atoms with Crippen LogP contribution in [0.2, 0.25) is 0 Å². The minimum atomic E-state index is -0.113. The van der Waals surface area contributed by atoms with Gasteiger partial charge in [-0.15, -0.1) is 0 Å². The highest BCUT2D eigenvalue weighted by Crippen LogP contribution is 2.28. The number of fused-ring (bicyclic) bond motifs is 4. The van der Waals surface area contributed by atoms with Gasteiger partial charge in [0.25, 0.3) is 5.91 Å². The number of furan rings is 1. The summed E-state index contributed by atoms with van der Waals surface area (Å²) in [5.74, 6) is 2.41. The first kappa shape index (κ1) is 16.9. The molecule has 1 aliphatic carbocycles. The van der Waals surface area contributed by atoms with Crippen molar-refractivity contribution in [2.24, 2.45) is 5.92 Å². The van der Waals surface area contributed by atoms with Gasteiger partial charge in [0.15, 0.2) is 5.76 Å². The summed E-state index contributed by atoms with van der Waals surface area (Å²) >= 11 is 0. The molecule has 1 aromatic heterocycles. The quantitative estimate of drug-likeness (QED) is 0.883. The predicted molar refractivity (Wildman–Crippen MR) is 102 cm³/mol. The molecule has 4 heterocycles. The number of carbonyl (C=O) groups excluding carboxylic acids is 1. The topological polar surface area (TPSA) is 54.7 Å². The molecule has 6 rings (SSSR count). The molecule has 1 amide bonds. The third kappa shape index (κ3) is 3.48. The normalized spacial score (nSPS) is 26.0. The third-order valence-electron chi connectivity index (χ3n) is 6.31. The maximum atomic E-state index is 12.5. The Kier molecular flexibility index (Phi) is 4.40. The molecule has 3 fully saturated rings. The summed E-state index contributed by atoms with van der Waals surface area (Å²) in [5, 5.41) is 3.17. The Morgan fingerprint density at radius 2 is 2.00 bits per heavy atom. The van der Waals surface area contributed by atoms with E-state index in [9.17, 15) is 4.79 Å². The number of piperidine rings is 3. The zero-order chi connectivity index (χ0) is 18.2. The second-order valence-electron chi connectivity index (χ2n) is 8.06. The first-order valence-electron chi connectivity index (χ1n) is 10.1. The lowest BCUT2D eigenvalue weighted by molar-refractivity contribution is 0.0604. The molecule has 1 unspecified atom stereocenters. The fourth-order valence-electron chi connectivity index (χ4n) is 4.74. The lowest BCUT2D eigenvalue weighted by Crippen LogP contribution is -2.57. The number of carbonyl (C=O) groups is 1. The molecule has 0 spiro atoms. The van der Waals surface area contributed by atoms with E-state index in [1.807, 2.05) is 12.1 Å². The molecule has 5 nitrogen and oxygen atoms in total. The fraction of sp³-hybridized carbons (Fsp3) is 0.500. The average Bonchev–Trinajstić information content (AvgIpc) is 3.36. The molecule has 27 heavy (non-hydrogen) atoms. The highest BCUT2D eigenvalue weighted by atomic mass is 16.5. The Morgan fingerprint density at radius 1 is 1.15 bits per heavy atom. The first-order chi connectivity index (χ1) is 13.2. The van der Waals surface area contributed by atoms with Crippen molar-refractivity contribution in [1.82, 2.24) is 10.2 Å². The smallest absolute Gasteiger partial charge is 0.287 e. The van der Waals surface area contributed by atoms with E-state index in [0.717, 1.165) is 18.7 Å². The van der Waals surface area contributed by atoms with Crippen molar-refractivity contribution >= 4 is 5.91 Å². The summed E-state index contributed by atoms with van der Waals surface area (Å²) in [4.78, 5) is 15.0. The summed E-state index contributed by atoms with van der Waals surface area (Å²) < 4.78 is 11.6. The van der Waals surface area contributed by atoms with Crippen LogP contribution in [0.25, 0.3) is 0 Å². The molecule has 2 aromatic rings. The lowest BCUT2D eigenvalue weighted by atomic mass is 9.84. The van der Waals surface area contributed by atoms with Gasteiger partial charge in [0.2, 0.25) is 0 Å². The van der Waals surface area contributed by atoms with Crippen LogP contribution in [0.4, 0.5) is 0 Å². The minimum absolute atomic E-state index is 0.113. The molecule has 1 N–H and O–H groups in total. The summed E-state index contributed by atoms with van der Waals surface area (Å²) in [6.07, 6.45) is 5.91. The Bertz CT molecular complexity index is 836. The number of hydrogen-bond donors (Lipinski definition) is 1. The molecular weight excluding hydrogens is 340 g/mol. The predicted octanol–water partition coefficient (Wildman–Crippen LogP) is 3.17. The molecule has 0 radical (unpaired) electrons. The van der Waals surface area contributed by atoms with E-state index in [-0.39, 0.29) is 11.9 Å². The molecule has 3 saturated heterocycles. The van der Waals surface area contributed by atoms with Crippen LogP contribution in [0, 0.1) is 5.92 Å². The first-order valence-corrected chi connectivity index (χ1v) is 10.1. The molecule has 0 saturated carbocycles. The van der Waals surface area contributed by atoms with Crippen molar-refractivity contribution in [1.29, 1.82) is 0 Å². The van der Waals surface area contributed by atoms with E-state index in [1.165, 1.54) is 49.9 Å². The van der Waals surface area contributed by atoms with Crippen molar-refractivity contribution in [2.75, 3.05) is 19.6 Å². The zero-order valence-electron chi connectivity index (χ0n) is 15.6. The van der Waals surface area contributed by atoms with Gasteiger partial charge < -0.3 is 19.4 Å². The maximum Gasteiger partial charge on any atom is 0.287 e. The van der Waals surface area contributed by atoms with Crippen LogP contribution in [0.5, 0.6) is 5.75 Å². The van der Waals surface area contributed by atoms with Crippen molar-refractivity contribution in [3.8, 4) is 5.75 Å². The van der Waals surface area contributed by atoms with Crippen LogP contribution in [0.1, 0.15) is 46.7 Å². The zero-order valence-corrected chi connectivity index (χ0v) is 15.6. The Labute approximate surface area is 159 Å². The second kappa shape index (κ2) is 7.04. The molecular formula is C22H26N2O3. The van der Waals surface area contributed by atoms with Gasteiger partial charge in [-0.2, -0.15) is 0 Å². The molecule has 3 aliphatic heterocycles. The standard InChI is InChI=1S/C22H26N2O3/c25-22(23-20-13-24-10-8-16(20)9-11-24)21-7-6-19(27-21)14-26-18-5-4-15-2-1-3-17(15)12-18/h4-7,12,16,20H,1-3,8-11,13-14H2,(H,23,25). The van der Waals surface area contributed by atoms with E-state index in [4.69, 9.17) is 9.15 Å². The average molecular weight is 366 g/mol. The highest BCUT2D eigenvalue weighted by Gasteiger charge is 2.35. The van der Waals surface area contributed by atoms with Gasteiger partial charge in [-0.3, -0.25) is 4.79 Å². The van der Waals surface area contributed by atoms with Crippen LogP contribution < -0.4 is 10.1 Å². The monoisotopic (exact) mass is 366 g/mol. The minimum Gasteiger partial charge on any atom is -0.486 e. The van der Waals surface area contributed by atoms with Crippen molar-refractivity contribution in [3.63, 3.8) is 0 Å². The Hall–Kier alpha value is -2.27. The maximum absolute atomic E-state index is 12.5. The second-order valence-corrected chi connectivity index (χ2v) is 8.06. The summed E-state index contributed by atoms with van der Waals surface area (Å²) in [6.45, 7) is 3.64. The molecule has 5 heteroatoms. The number of nitrogens with one attached hydrogen (secondary N) is 1. The molecule has 4 aliphatic rings. The van der Waals surface area contributed by atoms with Gasteiger partial charge in [-0.05, 0) is 86.5 Å². The molecule has 2 bridgehead atoms. The third-order valence-corrected chi connectivity index (χ3v) is 6.31. The van der Waals surface area contributed by atoms with E-state index >= 15 is 0 Å². The van der Waals surface area contributed by atoms with Gasteiger partial charge in [0, 0.05) is 12.6 Å². The van der Waals surface area contributed by atoms with Crippen LogP contribution in [0.3, 0.4) is 0 Å². The van der Waals surface area contributed by atoms with E-state index in [0.29, 0.717) is 24.0 Å². The largest absolute Gasteiger partial charge is 0.486 e. The van der Waals surface area contributed by atoms with Gasteiger partial charge in [-0.1, -0.05) is 6.07 Å². The highest BCUT2D eigenvalue weighted by molar-refractivity contribution is 5.91. The van der Waals surface area contributed by atoms with Crippen LogP contribution >= 0.6 is 0 Å². The van der Waals surface area contributed by atoms with Gasteiger partial charge in [0.1, 0.15) is 18.1 Å². The number of ether oxygens (including phenoxy) is 1. The molecule has 1 atom stereocenters. The van der Waals surface area contributed by atoms with Crippen molar-refractivity contribution < 1.29 is 13.9 Å². The number of hydrogen-bond acceptors (Lipinski definition) is 4. The number of benzene rings is 1. The van der Waals surface area contributed by atoms with E-state index < -0.39 is 0 Å². The van der Waals surface area contributed by atoms with Crippen molar-refractivity contribution in [2.45, 2.75) is 44.8 Å². The van der Waals surface area contributed by atoms with Crippen LogP contribution in [0.15, 0.2) is 34.7 Å². The Morgan fingerprint density at radius 3 is 2.81 bits per heavy atom. The lowest BCUT2D eigenvalue weighted by Gasteiger charge is -2.44. The van der Waals surface area contributed by atoms with Gasteiger partial charge in [-0.25, -0.2) is 0 Å². The van der Waals surface area contributed by atoms with E-state index in [1.54, 1.807) is 6.07 Å². The van der Waals surface area contributed by atoms with Crippen molar-refractivity contribution in [3.05, 3.63) is 53.0 Å². The number of aryl methyl sites for hydroxylation is 2. The SMILES string of the molecule is O=C(NC1CN2CCC1CC2)c1ccc(COc2ccc3c(c2)CCC3)o1. The summed E-state index contributed by atoms with van der Waals surface area (Å²) in [6, 6.07) is 10.1. The van der Waals surface area contributed by atoms with Gasteiger partial charge >= 0.3 is 0 Å². The van der Waals surface area contributed by atoms with Gasteiger partial charge in [0.05, 0.1) is 0 Å².